The van der Waals surface area contributed by atoms with Gasteiger partial charge in [-0.3, -0.25) is 9.59 Å². The quantitative estimate of drug-likeness (QED) is 0.503. The van der Waals surface area contributed by atoms with Crippen LogP contribution < -0.4 is 15.0 Å². The lowest BCUT2D eigenvalue weighted by atomic mass is 9.88. The van der Waals surface area contributed by atoms with E-state index in [-0.39, 0.29) is 18.9 Å². The van der Waals surface area contributed by atoms with Crippen LogP contribution in [0, 0.1) is 13.8 Å². The van der Waals surface area contributed by atoms with E-state index >= 15 is 0 Å². The van der Waals surface area contributed by atoms with Gasteiger partial charge in [0.2, 0.25) is 5.91 Å². The Morgan fingerprint density at radius 3 is 2.51 bits per heavy atom. The number of halogens is 1. The van der Waals surface area contributed by atoms with Gasteiger partial charge >= 0.3 is 5.97 Å². The van der Waals surface area contributed by atoms with Gasteiger partial charge in [0.15, 0.2) is 0 Å². The second kappa shape index (κ2) is 9.21. The molecule has 1 aliphatic rings. The molecule has 186 valence electrons. The summed E-state index contributed by atoms with van der Waals surface area (Å²) < 4.78 is 8.52. The average molecular weight is 498 g/mol. The maximum atomic E-state index is 13.0. The van der Waals surface area contributed by atoms with Crippen molar-refractivity contribution in [3.8, 4) is 16.9 Å². The lowest BCUT2D eigenvalue weighted by molar-refractivity contribution is -0.136. The number of carboxylic acid groups (broad SMARTS) is 1. The zero-order chi connectivity index (χ0) is 25.7. The van der Waals surface area contributed by atoms with E-state index in [1.165, 1.54) is 0 Å². The molecule has 0 atom stereocenters. The highest BCUT2D eigenvalue weighted by atomic mass is 35.5. The van der Waals surface area contributed by atoms with Crippen LogP contribution in [0.4, 0.5) is 5.69 Å². The Kier molecular flexibility index (Phi) is 6.60. The third-order valence-electron chi connectivity index (χ3n) is 6.31. The molecule has 3 aromatic rings. The largest absolute Gasteiger partial charge is 0.487 e. The first kappa shape index (κ1) is 25.1. The first-order valence-electron chi connectivity index (χ1n) is 11.7. The first-order valence-corrected chi connectivity index (χ1v) is 12.1. The fourth-order valence-electron chi connectivity index (χ4n) is 5.02. The molecule has 35 heavy (non-hydrogen) atoms. The molecule has 2 N–H and O–H groups in total. The van der Waals surface area contributed by atoms with Gasteiger partial charge in [-0.05, 0) is 82.6 Å². The fourth-order valence-corrected chi connectivity index (χ4v) is 5.18. The molecular weight excluding hydrogens is 466 g/mol. The van der Waals surface area contributed by atoms with Gasteiger partial charge in [0.25, 0.3) is 0 Å². The zero-order valence-electron chi connectivity index (χ0n) is 21.1. The fraction of sp³-hybridized carbons (Fsp3) is 0.407. The molecule has 0 saturated carbocycles. The molecule has 1 amide bonds. The van der Waals surface area contributed by atoms with Gasteiger partial charge in [0.05, 0.1) is 24.2 Å². The van der Waals surface area contributed by atoms with Crippen molar-refractivity contribution in [2.75, 3.05) is 25.0 Å². The van der Waals surface area contributed by atoms with Crippen molar-refractivity contribution in [2.45, 2.75) is 53.2 Å². The molecule has 7 nitrogen and oxygen atoms in total. The van der Waals surface area contributed by atoms with E-state index in [0.717, 1.165) is 39.0 Å². The van der Waals surface area contributed by atoms with E-state index in [2.05, 4.69) is 16.0 Å². The Labute approximate surface area is 210 Å². The topological polar surface area (TPSA) is 83.8 Å². The number of likely N-dealkylation sites (N-methyl/N-ethyl adjacent to an activating group) is 1. The highest BCUT2D eigenvalue weighted by Gasteiger charge is 2.32. The van der Waals surface area contributed by atoms with Crippen LogP contribution in [0.3, 0.4) is 0 Å². The second-order valence-electron chi connectivity index (χ2n) is 10.0. The predicted molar refractivity (Wildman–Crippen MR) is 140 cm³/mol. The molecule has 1 aliphatic heterocycles. The molecule has 2 aromatic carbocycles. The number of anilines is 1. The number of amides is 1. The molecule has 0 saturated heterocycles. The highest BCUT2D eigenvalue weighted by molar-refractivity contribution is 6.31. The Morgan fingerprint density at radius 1 is 1.17 bits per heavy atom. The smallest absolute Gasteiger partial charge is 0.307 e. The summed E-state index contributed by atoms with van der Waals surface area (Å²) >= 11 is 6.35. The van der Waals surface area contributed by atoms with Gasteiger partial charge in [0, 0.05) is 34.8 Å². The number of nitrogens with zero attached hydrogens (tertiary/aromatic N) is 2. The van der Waals surface area contributed by atoms with E-state index in [1.54, 1.807) is 24.1 Å². The Balaban J connectivity index is 2.12. The summed E-state index contributed by atoms with van der Waals surface area (Å²) in [5, 5.41) is 14.3. The number of rotatable bonds is 6. The molecular formula is C27H32ClN3O4. The minimum Gasteiger partial charge on any atom is -0.487 e. The molecule has 0 fully saturated rings. The summed E-state index contributed by atoms with van der Waals surface area (Å²) in [6.07, 6.45) is -0.181. The van der Waals surface area contributed by atoms with Crippen molar-refractivity contribution in [1.82, 2.24) is 9.88 Å². The van der Waals surface area contributed by atoms with Crippen LogP contribution in [0.2, 0.25) is 5.02 Å². The van der Waals surface area contributed by atoms with E-state index in [9.17, 15) is 14.7 Å². The number of aromatic nitrogens is 1. The van der Waals surface area contributed by atoms with Crippen LogP contribution in [-0.2, 0) is 22.6 Å². The number of aliphatic carboxylic acids is 1. The molecule has 0 aliphatic carbocycles. The van der Waals surface area contributed by atoms with E-state index in [1.807, 2.05) is 40.7 Å². The van der Waals surface area contributed by atoms with Gasteiger partial charge in [0.1, 0.15) is 11.4 Å². The Morgan fingerprint density at radius 2 is 1.89 bits per heavy atom. The first-order chi connectivity index (χ1) is 16.4. The number of aryl methyl sites for hydroxylation is 1. The van der Waals surface area contributed by atoms with E-state index in [0.29, 0.717) is 29.4 Å². The van der Waals surface area contributed by atoms with Crippen LogP contribution in [0.25, 0.3) is 22.0 Å². The summed E-state index contributed by atoms with van der Waals surface area (Å²) in [4.78, 5) is 26.9. The summed E-state index contributed by atoms with van der Waals surface area (Å²) in [7, 11) is 1.74. The molecule has 0 spiro atoms. The van der Waals surface area contributed by atoms with E-state index < -0.39 is 11.6 Å². The zero-order valence-corrected chi connectivity index (χ0v) is 21.8. The van der Waals surface area contributed by atoms with Crippen LogP contribution in [0.1, 0.15) is 37.6 Å². The van der Waals surface area contributed by atoms with Crippen molar-refractivity contribution in [1.29, 1.82) is 0 Å². The summed E-state index contributed by atoms with van der Waals surface area (Å²) in [5.74, 6) is -0.386. The standard InChI is InChI=1S/C27H32ClN3O4/c1-15-11-20-24(18-8-7-17(28)12-21(18)35-27(3,4)5)19(13-23(33)34)16(2)25-26(20)30(15)9-10-31(25)22(32)14-29-6/h7-8,11-12,29H,9-10,13-14H2,1-6H3,(H,33,34). The second-order valence-corrected chi connectivity index (χ2v) is 10.5. The molecule has 1 aromatic heterocycles. The Hall–Kier alpha value is -3.03. The van der Waals surface area contributed by atoms with Gasteiger partial charge in [-0.25, -0.2) is 0 Å². The molecule has 0 radical (unpaired) electrons. The monoisotopic (exact) mass is 497 g/mol. The number of ether oxygens (including phenoxy) is 1. The number of nitrogens with one attached hydrogen (secondary N) is 1. The number of benzene rings is 2. The number of carboxylic acids is 1. The van der Waals surface area contributed by atoms with Crippen LogP contribution >= 0.6 is 11.6 Å². The van der Waals surface area contributed by atoms with E-state index in [4.69, 9.17) is 16.3 Å². The summed E-state index contributed by atoms with van der Waals surface area (Å²) in [6.45, 7) is 11.2. The molecule has 8 heteroatoms. The van der Waals surface area contributed by atoms with Crippen LogP contribution in [-0.4, -0.2) is 47.3 Å². The summed E-state index contributed by atoms with van der Waals surface area (Å²) in [5.41, 5.74) is 5.35. The highest BCUT2D eigenvalue weighted by Crippen LogP contribution is 2.47. The minimum atomic E-state index is -0.937. The third-order valence-corrected chi connectivity index (χ3v) is 6.55. The number of carbonyl (C=O) groups is 2. The van der Waals surface area contributed by atoms with Crippen LogP contribution in [0.15, 0.2) is 24.3 Å². The van der Waals surface area contributed by atoms with Crippen molar-refractivity contribution < 1.29 is 19.4 Å². The number of hydrogen-bond donors (Lipinski definition) is 2. The van der Waals surface area contributed by atoms with Crippen molar-refractivity contribution in [3.63, 3.8) is 0 Å². The maximum absolute atomic E-state index is 13.0. The van der Waals surface area contributed by atoms with Gasteiger partial charge in [-0.15, -0.1) is 0 Å². The predicted octanol–water partition coefficient (Wildman–Crippen LogP) is 4.95. The van der Waals surface area contributed by atoms with Gasteiger partial charge in [-0.1, -0.05) is 11.6 Å². The van der Waals surface area contributed by atoms with Gasteiger partial charge in [-0.2, -0.15) is 0 Å². The normalized spacial score (nSPS) is 13.4. The van der Waals surface area contributed by atoms with Gasteiger partial charge < -0.3 is 24.6 Å². The molecule has 4 rings (SSSR count). The van der Waals surface area contributed by atoms with Crippen molar-refractivity contribution in [2.24, 2.45) is 0 Å². The summed E-state index contributed by atoms with van der Waals surface area (Å²) in [6, 6.07) is 7.55. The third kappa shape index (κ3) is 4.62. The SMILES string of the molecule is CNCC(=O)N1CCn2c(C)cc3c(-c4ccc(Cl)cc4OC(C)(C)C)c(CC(=O)O)c(C)c1c32. The number of carbonyl (C=O) groups excluding carboxylic acids is 1. The van der Waals surface area contributed by atoms with Crippen molar-refractivity contribution in [3.05, 3.63) is 46.1 Å². The Bertz CT molecular complexity index is 1340. The van der Waals surface area contributed by atoms with Crippen LogP contribution in [0.5, 0.6) is 5.75 Å². The lowest BCUT2D eigenvalue weighted by Gasteiger charge is -2.33. The molecule has 2 heterocycles. The number of hydrogen-bond acceptors (Lipinski definition) is 4. The molecule has 0 unspecified atom stereocenters. The lowest BCUT2D eigenvalue weighted by Crippen LogP contribution is -2.42. The average Bonchev–Trinajstić information content (AvgIpc) is 3.08. The minimum absolute atomic E-state index is 0.0423. The van der Waals surface area contributed by atoms with Crippen molar-refractivity contribution >= 4 is 40.1 Å². The molecule has 0 bridgehead atoms. The maximum Gasteiger partial charge on any atom is 0.307 e.